The Morgan fingerprint density at radius 1 is 1.41 bits per heavy atom. The van der Waals surface area contributed by atoms with E-state index in [0.717, 1.165) is 0 Å². The molecular formula is C11H21N3O3. The lowest BCUT2D eigenvalue weighted by atomic mass is 9.84. The Morgan fingerprint density at radius 2 is 2.00 bits per heavy atom. The Hall–Kier alpha value is -1.14. The average Bonchev–Trinajstić information content (AvgIpc) is 2.59. The van der Waals surface area contributed by atoms with E-state index in [2.05, 4.69) is 0 Å². The summed E-state index contributed by atoms with van der Waals surface area (Å²) in [5.74, 6) is -0.255. The van der Waals surface area contributed by atoms with Gasteiger partial charge in [-0.15, -0.1) is 0 Å². The molecule has 2 unspecified atom stereocenters. The fraction of sp³-hybridized carbons (Fsp3) is 0.818. The van der Waals surface area contributed by atoms with Crippen molar-refractivity contribution in [2.24, 2.45) is 11.1 Å². The largest absolute Gasteiger partial charge is 0.379 e. The van der Waals surface area contributed by atoms with E-state index < -0.39 is 5.41 Å². The lowest BCUT2D eigenvalue weighted by Gasteiger charge is -2.30. The number of hydrogen-bond donors (Lipinski definition) is 1. The molecule has 0 aromatic rings. The summed E-state index contributed by atoms with van der Waals surface area (Å²) in [6, 6.07) is -0.313. The van der Waals surface area contributed by atoms with Crippen LogP contribution in [0.5, 0.6) is 0 Å². The van der Waals surface area contributed by atoms with E-state index in [9.17, 15) is 9.59 Å². The third kappa shape index (κ3) is 2.76. The molecule has 1 rings (SSSR count). The first kappa shape index (κ1) is 13.9. The molecule has 6 heteroatoms. The first-order valence-electron chi connectivity index (χ1n) is 5.58. The molecule has 0 bridgehead atoms. The molecule has 1 heterocycles. The van der Waals surface area contributed by atoms with Crippen molar-refractivity contribution >= 4 is 11.8 Å². The van der Waals surface area contributed by atoms with Crippen molar-refractivity contribution in [1.29, 1.82) is 0 Å². The second-order valence-electron chi connectivity index (χ2n) is 4.99. The van der Waals surface area contributed by atoms with Gasteiger partial charge < -0.3 is 20.3 Å². The van der Waals surface area contributed by atoms with Crippen LogP contribution in [0.4, 0.5) is 0 Å². The van der Waals surface area contributed by atoms with Crippen molar-refractivity contribution in [2.45, 2.75) is 13.0 Å². The van der Waals surface area contributed by atoms with Gasteiger partial charge in [0.25, 0.3) is 0 Å². The predicted molar refractivity (Wildman–Crippen MR) is 63.2 cm³/mol. The predicted octanol–water partition coefficient (Wildman–Crippen LogP) is -1.10. The lowest BCUT2D eigenvalue weighted by molar-refractivity contribution is -0.145. The van der Waals surface area contributed by atoms with Crippen molar-refractivity contribution < 1.29 is 14.3 Å². The topological polar surface area (TPSA) is 75.9 Å². The van der Waals surface area contributed by atoms with Gasteiger partial charge in [-0.25, -0.2) is 0 Å². The summed E-state index contributed by atoms with van der Waals surface area (Å²) < 4.78 is 5.23. The molecule has 0 radical (unpaired) electrons. The summed E-state index contributed by atoms with van der Waals surface area (Å²) in [6.45, 7) is 2.54. The summed E-state index contributed by atoms with van der Waals surface area (Å²) >= 11 is 0. The monoisotopic (exact) mass is 243 g/mol. The maximum atomic E-state index is 12.2. The number of amides is 2. The van der Waals surface area contributed by atoms with E-state index in [4.69, 9.17) is 10.5 Å². The standard InChI is InChI=1S/C11H21N3O3/c1-11(7-17-6-8(11)12)10(16)14(4)5-9(15)13(2)3/h8H,5-7,12H2,1-4H3. The van der Waals surface area contributed by atoms with Crippen molar-refractivity contribution in [3.8, 4) is 0 Å². The maximum absolute atomic E-state index is 12.2. The van der Waals surface area contributed by atoms with Gasteiger partial charge in [-0.2, -0.15) is 0 Å². The number of rotatable bonds is 3. The molecule has 1 aliphatic rings. The number of likely N-dealkylation sites (N-methyl/N-ethyl adjacent to an activating group) is 2. The van der Waals surface area contributed by atoms with Crippen LogP contribution in [0.25, 0.3) is 0 Å². The third-order valence-corrected chi connectivity index (χ3v) is 3.22. The lowest BCUT2D eigenvalue weighted by Crippen LogP contribution is -2.52. The zero-order valence-electron chi connectivity index (χ0n) is 10.9. The van der Waals surface area contributed by atoms with Gasteiger partial charge >= 0.3 is 0 Å². The Labute approximate surface area is 102 Å². The normalized spacial score (nSPS) is 27.9. The second-order valence-corrected chi connectivity index (χ2v) is 4.99. The second kappa shape index (κ2) is 5.01. The van der Waals surface area contributed by atoms with Gasteiger partial charge in [0.15, 0.2) is 0 Å². The first-order chi connectivity index (χ1) is 7.79. The Balaban J connectivity index is 2.66. The van der Waals surface area contributed by atoms with Crippen LogP contribution in [0, 0.1) is 5.41 Å². The molecule has 2 N–H and O–H groups in total. The summed E-state index contributed by atoms with van der Waals surface area (Å²) in [6.07, 6.45) is 0. The fourth-order valence-electron chi connectivity index (χ4n) is 1.76. The number of nitrogens with two attached hydrogens (primary N) is 1. The van der Waals surface area contributed by atoms with E-state index in [1.807, 2.05) is 0 Å². The number of nitrogens with zero attached hydrogens (tertiary/aromatic N) is 2. The maximum Gasteiger partial charge on any atom is 0.241 e. The van der Waals surface area contributed by atoms with Crippen LogP contribution in [0.2, 0.25) is 0 Å². The Morgan fingerprint density at radius 3 is 2.41 bits per heavy atom. The fourth-order valence-corrected chi connectivity index (χ4v) is 1.76. The molecule has 17 heavy (non-hydrogen) atoms. The highest BCUT2D eigenvalue weighted by Crippen LogP contribution is 2.28. The molecule has 0 aliphatic carbocycles. The van der Waals surface area contributed by atoms with Gasteiger partial charge in [-0.05, 0) is 6.92 Å². The van der Waals surface area contributed by atoms with E-state index in [1.165, 1.54) is 9.80 Å². The highest BCUT2D eigenvalue weighted by molar-refractivity contribution is 5.88. The third-order valence-electron chi connectivity index (χ3n) is 3.22. The quantitative estimate of drug-likeness (QED) is 0.682. The number of ether oxygens (including phenoxy) is 1. The zero-order valence-corrected chi connectivity index (χ0v) is 10.9. The van der Waals surface area contributed by atoms with E-state index in [-0.39, 0.29) is 24.4 Å². The number of carbonyl (C=O) groups is 2. The van der Waals surface area contributed by atoms with Crippen LogP contribution in [0.15, 0.2) is 0 Å². The molecule has 1 fully saturated rings. The number of hydrogen-bond acceptors (Lipinski definition) is 4. The SMILES string of the molecule is CN(C)C(=O)CN(C)C(=O)C1(C)COCC1N. The van der Waals surface area contributed by atoms with E-state index >= 15 is 0 Å². The molecule has 0 aromatic heterocycles. The molecule has 1 aliphatic heterocycles. The first-order valence-corrected chi connectivity index (χ1v) is 5.58. The molecule has 98 valence electrons. The highest BCUT2D eigenvalue weighted by Gasteiger charge is 2.45. The summed E-state index contributed by atoms with van der Waals surface area (Å²) in [4.78, 5) is 26.6. The molecule has 0 aromatic carbocycles. The van der Waals surface area contributed by atoms with Crippen LogP contribution in [0.3, 0.4) is 0 Å². The van der Waals surface area contributed by atoms with Crippen molar-refractivity contribution in [2.75, 3.05) is 40.9 Å². The molecule has 1 saturated heterocycles. The smallest absolute Gasteiger partial charge is 0.241 e. The van der Waals surface area contributed by atoms with Crippen molar-refractivity contribution in [3.05, 3.63) is 0 Å². The minimum Gasteiger partial charge on any atom is -0.379 e. The minimum absolute atomic E-state index is 0.0636. The van der Waals surface area contributed by atoms with Crippen LogP contribution in [-0.4, -0.2) is 68.6 Å². The molecule has 2 amide bonds. The zero-order chi connectivity index (χ0) is 13.2. The molecular weight excluding hydrogens is 222 g/mol. The van der Waals surface area contributed by atoms with Crippen LogP contribution >= 0.6 is 0 Å². The van der Waals surface area contributed by atoms with Crippen molar-refractivity contribution in [1.82, 2.24) is 9.80 Å². The Kier molecular flexibility index (Phi) is 4.11. The Bertz CT molecular complexity index is 319. The van der Waals surface area contributed by atoms with Crippen LogP contribution in [-0.2, 0) is 14.3 Å². The van der Waals surface area contributed by atoms with E-state index in [0.29, 0.717) is 13.2 Å². The van der Waals surface area contributed by atoms with Gasteiger partial charge in [0.1, 0.15) is 0 Å². The number of carbonyl (C=O) groups excluding carboxylic acids is 2. The van der Waals surface area contributed by atoms with Crippen molar-refractivity contribution in [3.63, 3.8) is 0 Å². The van der Waals surface area contributed by atoms with Gasteiger partial charge in [0, 0.05) is 27.2 Å². The van der Waals surface area contributed by atoms with Gasteiger partial charge in [-0.1, -0.05) is 0 Å². The highest BCUT2D eigenvalue weighted by atomic mass is 16.5. The molecule has 0 saturated carbocycles. The van der Waals surface area contributed by atoms with E-state index in [1.54, 1.807) is 28.1 Å². The summed E-state index contributed by atoms with van der Waals surface area (Å²) in [5.41, 5.74) is 5.15. The minimum atomic E-state index is -0.721. The van der Waals surface area contributed by atoms with Gasteiger partial charge in [0.2, 0.25) is 11.8 Å². The van der Waals surface area contributed by atoms with Crippen LogP contribution in [0.1, 0.15) is 6.92 Å². The molecule has 0 spiro atoms. The van der Waals surface area contributed by atoms with Gasteiger partial charge in [0.05, 0.1) is 25.2 Å². The molecule has 6 nitrogen and oxygen atoms in total. The average molecular weight is 243 g/mol. The summed E-state index contributed by atoms with van der Waals surface area (Å²) in [7, 11) is 4.93. The molecule has 2 atom stereocenters. The van der Waals surface area contributed by atoms with Gasteiger partial charge in [-0.3, -0.25) is 9.59 Å². The summed E-state index contributed by atoms with van der Waals surface area (Å²) in [5, 5.41) is 0. The van der Waals surface area contributed by atoms with Crippen LogP contribution < -0.4 is 5.73 Å².